The van der Waals surface area contributed by atoms with Crippen molar-refractivity contribution in [2.75, 3.05) is 6.54 Å². The van der Waals surface area contributed by atoms with Gasteiger partial charge in [0.25, 0.3) is 5.91 Å². The van der Waals surface area contributed by atoms with E-state index < -0.39 is 29.7 Å². The Balaban J connectivity index is 1.89. The molecule has 3 rings (SSSR count). The van der Waals surface area contributed by atoms with Gasteiger partial charge in [0.2, 0.25) is 0 Å². The number of benzene rings is 1. The molecule has 0 fully saturated rings. The van der Waals surface area contributed by atoms with Gasteiger partial charge in [-0.2, -0.15) is 0 Å². The zero-order valence-electron chi connectivity index (χ0n) is 17.2. The highest BCUT2D eigenvalue weighted by molar-refractivity contribution is 5.95. The van der Waals surface area contributed by atoms with Gasteiger partial charge in [-0.1, -0.05) is 6.07 Å². The summed E-state index contributed by atoms with van der Waals surface area (Å²) in [5.74, 6) is -1.61. The predicted molar refractivity (Wildman–Crippen MR) is 108 cm³/mol. The Morgan fingerprint density at radius 2 is 1.94 bits per heavy atom. The normalized spacial score (nSPS) is 11.9. The summed E-state index contributed by atoms with van der Waals surface area (Å²) in [6.07, 6.45) is 0.511. The molecule has 0 saturated heterocycles. The minimum Gasteiger partial charge on any atom is -0.485 e. The van der Waals surface area contributed by atoms with Crippen molar-refractivity contribution in [1.29, 1.82) is 0 Å². The maximum absolute atomic E-state index is 13.9. The van der Waals surface area contributed by atoms with Crippen LogP contribution in [-0.4, -0.2) is 39.1 Å². The molecule has 0 aliphatic heterocycles. The van der Waals surface area contributed by atoms with Crippen LogP contribution in [0.25, 0.3) is 5.65 Å². The molecule has 1 atom stereocenters. The van der Waals surface area contributed by atoms with Crippen LogP contribution >= 0.6 is 0 Å². The Labute approximate surface area is 176 Å². The van der Waals surface area contributed by atoms with E-state index in [1.807, 2.05) is 0 Å². The minimum atomic E-state index is -1.18. The lowest BCUT2D eigenvalue weighted by atomic mass is 10.2. The number of carboxylic acid groups (broad SMARTS) is 1. The quantitative estimate of drug-likeness (QED) is 0.532. The van der Waals surface area contributed by atoms with Crippen LogP contribution in [0.4, 0.5) is 13.6 Å². The van der Waals surface area contributed by atoms with Crippen molar-refractivity contribution in [2.24, 2.45) is 0 Å². The summed E-state index contributed by atoms with van der Waals surface area (Å²) in [6, 6.07) is 4.78. The van der Waals surface area contributed by atoms with Gasteiger partial charge in [-0.3, -0.25) is 9.20 Å². The fraction of sp³-hybridized carbons (Fsp3) is 0.286. The van der Waals surface area contributed by atoms with Gasteiger partial charge in [-0.05, 0) is 44.5 Å². The first kappa shape index (κ1) is 22.0. The molecule has 1 aromatic carbocycles. The monoisotopic (exact) mass is 432 g/mol. The molecule has 8 nitrogen and oxygen atoms in total. The van der Waals surface area contributed by atoms with E-state index in [-0.39, 0.29) is 30.2 Å². The van der Waals surface area contributed by atoms with Crippen LogP contribution in [0.5, 0.6) is 5.75 Å². The summed E-state index contributed by atoms with van der Waals surface area (Å²) in [7, 11) is 0. The molecule has 2 aromatic heterocycles. The molecule has 0 radical (unpaired) electrons. The smallest absolute Gasteiger partial charge is 0.404 e. The molecule has 0 aliphatic rings. The topological polar surface area (TPSA) is 105 Å². The third-order valence-electron chi connectivity index (χ3n) is 4.58. The maximum Gasteiger partial charge on any atom is 0.404 e. The molecular weight excluding hydrogens is 410 g/mol. The molecule has 3 aromatic rings. The van der Waals surface area contributed by atoms with Crippen LogP contribution in [0.15, 0.2) is 30.5 Å². The van der Waals surface area contributed by atoms with E-state index in [0.717, 1.165) is 17.7 Å². The van der Waals surface area contributed by atoms with Crippen molar-refractivity contribution < 1.29 is 28.2 Å². The number of halogens is 2. The highest BCUT2D eigenvalue weighted by atomic mass is 19.1. The summed E-state index contributed by atoms with van der Waals surface area (Å²) in [5.41, 5.74) is 1.53. The molecule has 10 heteroatoms. The largest absolute Gasteiger partial charge is 0.485 e. The standard InChI is InChI=1S/C21H22F2N4O4/c1-11-7-17(31-10-14-15(22)5-4-6-16(14)23)19-26-13(3)18(27(19)9-11)20(28)25-12(2)8-24-21(29)30/h4-7,9,12,24H,8,10H2,1-3H3,(H,25,28)(H,29,30). The molecule has 0 spiro atoms. The van der Waals surface area contributed by atoms with Crippen molar-refractivity contribution >= 4 is 17.6 Å². The fourth-order valence-electron chi connectivity index (χ4n) is 3.14. The van der Waals surface area contributed by atoms with Gasteiger partial charge >= 0.3 is 6.09 Å². The molecule has 31 heavy (non-hydrogen) atoms. The van der Waals surface area contributed by atoms with Crippen LogP contribution in [0.2, 0.25) is 0 Å². The third kappa shape index (κ3) is 4.90. The number of aryl methyl sites for hydroxylation is 2. The number of hydrogen-bond donors (Lipinski definition) is 3. The van der Waals surface area contributed by atoms with E-state index in [9.17, 15) is 18.4 Å². The highest BCUT2D eigenvalue weighted by Crippen LogP contribution is 2.26. The lowest BCUT2D eigenvalue weighted by molar-refractivity contribution is 0.0932. The summed E-state index contributed by atoms with van der Waals surface area (Å²) in [4.78, 5) is 27.8. The number of carbonyl (C=O) groups is 2. The number of amides is 2. The first-order valence-corrected chi connectivity index (χ1v) is 9.50. The molecule has 2 amide bonds. The van der Waals surface area contributed by atoms with Crippen molar-refractivity contribution in [3.05, 3.63) is 64.6 Å². The Bertz CT molecular complexity index is 1130. The lowest BCUT2D eigenvalue weighted by Crippen LogP contribution is -2.41. The second-order valence-electron chi connectivity index (χ2n) is 7.17. The number of nitrogens with one attached hydrogen (secondary N) is 2. The highest BCUT2D eigenvalue weighted by Gasteiger charge is 2.21. The first-order valence-electron chi connectivity index (χ1n) is 9.50. The number of hydrogen-bond acceptors (Lipinski definition) is 4. The molecule has 3 N–H and O–H groups in total. The molecule has 164 valence electrons. The second kappa shape index (κ2) is 8.99. The third-order valence-corrected chi connectivity index (χ3v) is 4.58. The Morgan fingerprint density at radius 3 is 2.58 bits per heavy atom. The Hall–Kier alpha value is -3.69. The number of ether oxygens (including phenoxy) is 1. The van der Waals surface area contributed by atoms with Gasteiger partial charge in [0.1, 0.15) is 23.9 Å². The van der Waals surface area contributed by atoms with E-state index in [2.05, 4.69) is 15.6 Å². The van der Waals surface area contributed by atoms with E-state index in [1.54, 1.807) is 37.4 Å². The van der Waals surface area contributed by atoms with E-state index in [4.69, 9.17) is 9.84 Å². The zero-order valence-corrected chi connectivity index (χ0v) is 17.2. The number of imidazole rings is 1. The number of rotatable bonds is 7. The number of carbonyl (C=O) groups excluding carboxylic acids is 1. The first-order chi connectivity index (χ1) is 14.7. The van der Waals surface area contributed by atoms with Gasteiger partial charge in [0.15, 0.2) is 11.4 Å². The Morgan fingerprint density at radius 1 is 1.26 bits per heavy atom. The second-order valence-corrected chi connectivity index (χ2v) is 7.17. The number of aromatic nitrogens is 2. The summed E-state index contributed by atoms with van der Waals surface area (Å²) < 4.78 is 35.1. The van der Waals surface area contributed by atoms with E-state index in [1.165, 1.54) is 6.07 Å². The van der Waals surface area contributed by atoms with Crippen molar-refractivity contribution in [2.45, 2.75) is 33.4 Å². The van der Waals surface area contributed by atoms with Crippen molar-refractivity contribution in [3.63, 3.8) is 0 Å². The summed E-state index contributed by atoms with van der Waals surface area (Å²) in [5, 5.41) is 13.6. The van der Waals surface area contributed by atoms with Crippen LogP contribution < -0.4 is 15.4 Å². The average molecular weight is 432 g/mol. The number of nitrogens with zero attached hydrogens (tertiary/aromatic N) is 2. The van der Waals surface area contributed by atoms with Crippen molar-refractivity contribution in [3.8, 4) is 5.75 Å². The van der Waals surface area contributed by atoms with Crippen LogP contribution in [0.1, 0.15) is 34.2 Å². The number of pyridine rings is 1. The molecule has 0 bridgehead atoms. The lowest BCUT2D eigenvalue weighted by Gasteiger charge is -2.14. The van der Waals surface area contributed by atoms with Gasteiger partial charge in [-0.25, -0.2) is 18.6 Å². The molecule has 0 aliphatic carbocycles. The molecule has 1 unspecified atom stereocenters. The van der Waals surface area contributed by atoms with Crippen LogP contribution in [-0.2, 0) is 6.61 Å². The molecule has 2 heterocycles. The summed E-state index contributed by atoms with van der Waals surface area (Å²) in [6.45, 7) is 4.79. The summed E-state index contributed by atoms with van der Waals surface area (Å²) >= 11 is 0. The van der Waals surface area contributed by atoms with E-state index in [0.29, 0.717) is 11.3 Å². The van der Waals surface area contributed by atoms with Gasteiger partial charge in [-0.15, -0.1) is 0 Å². The maximum atomic E-state index is 13.9. The predicted octanol–water partition coefficient (Wildman–Crippen LogP) is 3.19. The fourth-order valence-corrected chi connectivity index (χ4v) is 3.14. The number of fused-ring (bicyclic) bond motifs is 1. The van der Waals surface area contributed by atoms with E-state index >= 15 is 0 Å². The minimum absolute atomic E-state index is 0.0401. The average Bonchev–Trinajstić information content (AvgIpc) is 3.01. The van der Waals surface area contributed by atoms with Crippen LogP contribution in [0.3, 0.4) is 0 Å². The van der Waals surface area contributed by atoms with Gasteiger partial charge < -0.3 is 20.5 Å². The SMILES string of the molecule is Cc1cc(OCc2c(F)cccc2F)c2nc(C)c(C(=O)NC(C)CNC(=O)O)n2c1. The zero-order chi connectivity index (χ0) is 22.7. The van der Waals surface area contributed by atoms with Gasteiger partial charge in [0, 0.05) is 18.8 Å². The van der Waals surface area contributed by atoms with Gasteiger partial charge in [0.05, 0.1) is 11.3 Å². The molecular formula is C21H22F2N4O4. The molecule has 0 saturated carbocycles. The Kier molecular flexibility index (Phi) is 6.38. The van der Waals surface area contributed by atoms with Crippen molar-refractivity contribution in [1.82, 2.24) is 20.0 Å². The van der Waals surface area contributed by atoms with Crippen LogP contribution in [0, 0.1) is 25.5 Å².